The van der Waals surface area contributed by atoms with Crippen LogP contribution in [0.2, 0.25) is 0 Å². The van der Waals surface area contributed by atoms with Gasteiger partial charge < -0.3 is 10.1 Å². The summed E-state index contributed by atoms with van der Waals surface area (Å²) in [6.45, 7) is -3.00. The molecule has 1 N–H and O–H groups in total. The highest BCUT2D eigenvalue weighted by molar-refractivity contribution is 5.48. The van der Waals surface area contributed by atoms with Crippen LogP contribution < -0.4 is 10.1 Å². The fourth-order valence-electron chi connectivity index (χ4n) is 2.26. The van der Waals surface area contributed by atoms with E-state index in [-0.39, 0.29) is 0 Å². The summed E-state index contributed by atoms with van der Waals surface area (Å²) in [7, 11) is 0. The summed E-state index contributed by atoms with van der Waals surface area (Å²) in [5.41, 5.74) is 0.612. The summed E-state index contributed by atoms with van der Waals surface area (Å²) in [4.78, 5) is 0. The van der Waals surface area contributed by atoms with Crippen molar-refractivity contribution in [3.05, 3.63) is 24.0 Å². The van der Waals surface area contributed by atoms with E-state index in [2.05, 4.69) is 10.1 Å². The molecule has 5 heteroatoms. The molecule has 0 saturated heterocycles. The van der Waals surface area contributed by atoms with Crippen molar-refractivity contribution >= 4 is 5.69 Å². The van der Waals surface area contributed by atoms with Gasteiger partial charge in [0.05, 0.1) is 0 Å². The summed E-state index contributed by atoms with van der Waals surface area (Å²) in [5.74, 6) is -1.18. The Balaban J connectivity index is 1.99. The van der Waals surface area contributed by atoms with Gasteiger partial charge in [-0.05, 0) is 25.0 Å². The molecular formula is C13H16F3NO. The Bertz CT molecular complexity index is 392. The molecule has 2 nitrogen and oxygen atoms in total. The van der Waals surface area contributed by atoms with Gasteiger partial charge in [-0.15, -0.1) is 0 Å². The lowest BCUT2D eigenvalue weighted by Gasteiger charge is -2.24. The van der Waals surface area contributed by atoms with E-state index in [9.17, 15) is 13.2 Å². The predicted octanol–water partition coefficient (Wildman–Crippen LogP) is 4.17. The molecule has 0 unspecified atom stereocenters. The highest BCUT2D eigenvalue weighted by Crippen LogP contribution is 2.26. The molecule has 1 fully saturated rings. The van der Waals surface area contributed by atoms with Crippen molar-refractivity contribution in [3.8, 4) is 5.75 Å². The predicted molar refractivity (Wildman–Crippen MR) is 63.5 cm³/mol. The lowest BCUT2D eigenvalue weighted by Crippen LogP contribution is -2.22. The van der Waals surface area contributed by atoms with Crippen molar-refractivity contribution in [1.29, 1.82) is 0 Å². The zero-order chi connectivity index (χ0) is 13.0. The molecular weight excluding hydrogens is 243 g/mol. The average molecular weight is 259 g/mol. The minimum atomic E-state index is -3.00. The molecule has 0 bridgehead atoms. The summed E-state index contributed by atoms with van der Waals surface area (Å²) >= 11 is 0. The molecule has 1 aromatic rings. The molecule has 100 valence electrons. The maximum atomic E-state index is 13.5. The number of nitrogens with one attached hydrogen (secondary N) is 1. The smallest absolute Gasteiger partial charge is 0.387 e. The van der Waals surface area contributed by atoms with Gasteiger partial charge in [0, 0.05) is 17.8 Å². The number of hydrogen-bond acceptors (Lipinski definition) is 2. The Morgan fingerprint density at radius 3 is 2.50 bits per heavy atom. The summed E-state index contributed by atoms with van der Waals surface area (Å²) in [5, 5.41) is 3.22. The van der Waals surface area contributed by atoms with E-state index in [4.69, 9.17) is 0 Å². The first-order valence-electron chi connectivity index (χ1n) is 6.16. The topological polar surface area (TPSA) is 21.3 Å². The molecule has 0 atom stereocenters. The number of halogens is 3. The number of hydrogen-bond donors (Lipinski definition) is 1. The van der Waals surface area contributed by atoms with Gasteiger partial charge in [0.25, 0.3) is 0 Å². The van der Waals surface area contributed by atoms with E-state index in [1.807, 2.05) is 0 Å². The van der Waals surface area contributed by atoms with Gasteiger partial charge in [-0.25, -0.2) is 4.39 Å². The first-order valence-corrected chi connectivity index (χ1v) is 6.16. The maximum absolute atomic E-state index is 13.5. The fourth-order valence-corrected chi connectivity index (χ4v) is 2.26. The average Bonchev–Trinajstić information content (AvgIpc) is 2.33. The second-order valence-electron chi connectivity index (χ2n) is 4.50. The largest absolute Gasteiger partial charge is 0.432 e. The summed E-state index contributed by atoms with van der Waals surface area (Å²) in [6.07, 6.45) is 5.72. The molecule has 2 rings (SSSR count). The zero-order valence-corrected chi connectivity index (χ0v) is 9.96. The SMILES string of the molecule is Fc1cc(NC2CCCCC2)ccc1OC(F)F. The van der Waals surface area contributed by atoms with Gasteiger partial charge in [0.1, 0.15) is 0 Å². The van der Waals surface area contributed by atoms with Crippen LogP contribution in [0.25, 0.3) is 0 Å². The number of ether oxygens (including phenoxy) is 1. The standard InChI is InChI=1S/C13H16F3NO/c14-11-8-10(6-7-12(11)18-13(15)16)17-9-4-2-1-3-5-9/h6-9,13,17H,1-5H2. The highest BCUT2D eigenvalue weighted by atomic mass is 19.3. The minimum absolute atomic E-state index is 0.347. The van der Waals surface area contributed by atoms with Crippen molar-refractivity contribution in [2.45, 2.75) is 44.8 Å². The summed E-state index contributed by atoms with van der Waals surface area (Å²) < 4.78 is 41.5. The third-order valence-electron chi connectivity index (χ3n) is 3.12. The fraction of sp³-hybridized carbons (Fsp3) is 0.538. The van der Waals surface area contributed by atoms with Crippen LogP contribution in [0.5, 0.6) is 5.75 Å². The van der Waals surface area contributed by atoms with E-state index in [0.717, 1.165) is 12.8 Å². The van der Waals surface area contributed by atoms with Crippen LogP contribution in [0.15, 0.2) is 18.2 Å². The van der Waals surface area contributed by atoms with Crippen LogP contribution in [0.1, 0.15) is 32.1 Å². The van der Waals surface area contributed by atoms with Crippen LogP contribution >= 0.6 is 0 Å². The van der Waals surface area contributed by atoms with Gasteiger partial charge in [-0.2, -0.15) is 8.78 Å². The van der Waals surface area contributed by atoms with E-state index in [1.54, 1.807) is 6.07 Å². The lowest BCUT2D eigenvalue weighted by atomic mass is 9.95. The Labute approximate surface area is 104 Å². The second-order valence-corrected chi connectivity index (χ2v) is 4.50. The van der Waals surface area contributed by atoms with Crippen LogP contribution in [0.3, 0.4) is 0 Å². The quantitative estimate of drug-likeness (QED) is 0.876. The van der Waals surface area contributed by atoms with Gasteiger partial charge >= 0.3 is 6.61 Å². The van der Waals surface area contributed by atoms with Crippen molar-refractivity contribution < 1.29 is 17.9 Å². The van der Waals surface area contributed by atoms with Crippen LogP contribution in [-0.4, -0.2) is 12.7 Å². The van der Waals surface area contributed by atoms with Gasteiger partial charge in [0.2, 0.25) is 0 Å². The van der Waals surface area contributed by atoms with Crippen LogP contribution in [0.4, 0.5) is 18.9 Å². The van der Waals surface area contributed by atoms with Crippen molar-refractivity contribution in [2.75, 3.05) is 5.32 Å². The number of alkyl halides is 2. The normalized spacial score (nSPS) is 16.9. The molecule has 1 aromatic carbocycles. The van der Waals surface area contributed by atoms with Crippen molar-refractivity contribution in [1.82, 2.24) is 0 Å². The Hall–Kier alpha value is -1.39. The minimum Gasteiger partial charge on any atom is -0.432 e. The maximum Gasteiger partial charge on any atom is 0.387 e. The molecule has 18 heavy (non-hydrogen) atoms. The monoisotopic (exact) mass is 259 g/mol. The second kappa shape index (κ2) is 5.98. The molecule has 0 spiro atoms. The number of anilines is 1. The molecule has 1 aliphatic carbocycles. The van der Waals surface area contributed by atoms with Crippen LogP contribution in [-0.2, 0) is 0 Å². The van der Waals surface area contributed by atoms with E-state index < -0.39 is 18.2 Å². The third-order valence-corrected chi connectivity index (χ3v) is 3.12. The molecule has 0 aromatic heterocycles. The van der Waals surface area contributed by atoms with Crippen LogP contribution in [0, 0.1) is 5.82 Å². The van der Waals surface area contributed by atoms with E-state index in [1.165, 1.54) is 31.4 Å². The molecule has 0 amide bonds. The van der Waals surface area contributed by atoms with E-state index in [0.29, 0.717) is 11.7 Å². The molecule has 1 saturated carbocycles. The van der Waals surface area contributed by atoms with Gasteiger partial charge in [0.15, 0.2) is 11.6 Å². The Morgan fingerprint density at radius 2 is 1.89 bits per heavy atom. The van der Waals surface area contributed by atoms with E-state index >= 15 is 0 Å². The number of rotatable bonds is 4. The first kappa shape index (κ1) is 13.1. The van der Waals surface area contributed by atoms with Gasteiger partial charge in [-0.1, -0.05) is 19.3 Å². The Morgan fingerprint density at radius 1 is 1.17 bits per heavy atom. The summed E-state index contributed by atoms with van der Waals surface area (Å²) in [6, 6.07) is 4.34. The van der Waals surface area contributed by atoms with Crippen molar-refractivity contribution in [2.24, 2.45) is 0 Å². The molecule has 1 aliphatic rings. The Kier molecular flexibility index (Phi) is 4.33. The van der Waals surface area contributed by atoms with Crippen molar-refractivity contribution in [3.63, 3.8) is 0 Å². The highest BCUT2D eigenvalue weighted by Gasteiger charge is 2.15. The third kappa shape index (κ3) is 3.55. The molecule has 0 aliphatic heterocycles. The molecule has 0 radical (unpaired) electrons. The zero-order valence-electron chi connectivity index (χ0n) is 9.96. The number of benzene rings is 1. The first-order chi connectivity index (χ1) is 8.65. The molecule has 0 heterocycles. The van der Waals surface area contributed by atoms with Gasteiger partial charge in [-0.3, -0.25) is 0 Å². The lowest BCUT2D eigenvalue weighted by molar-refractivity contribution is -0.0521.